The molecule has 12 nitrogen and oxygen atoms in total. The van der Waals surface area contributed by atoms with E-state index in [4.69, 9.17) is 17.2 Å². The lowest BCUT2D eigenvalue weighted by molar-refractivity contribution is -0.145. The number of hydrogen-bond donors (Lipinski definition) is 6. The predicted octanol–water partition coefficient (Wildman–Crippen LogP) is -0.788. The van der Waals surface area contributed by atoms with Crippen LogP contribution in [0.2, 0.25) is 0 Å². The number of guanidine groups is 1. The minimum Gasteiger partial charge on any atom is -0.480 e. The number of aliphatic carboxylic acids is 1. The van der Waals surface area contributed by atoms with Crippen molar-refractivity contribution in [3.8, 4) is 0 Å². The highest BCUT2D eigenvalue weighted by atomic mass is 32.2. The predicted molar refractivity (Wildman–Crippen MR) is 137 cm³/mol. The number of nitrogens with zero attached hydrogens (tertiary/aromatic N) is 2. The Morgan fingerprint density at radius 2 is 1.83 bits per heavy atom. The van der Waals surface area contributed by atoms with E-state index in [-0.39, 0.29) is 31.3 Å². The average molecular weight is 516 g/mol. The molecule has 0 aromatic heterocycles. The van der Waals surface area contributed by atoms with Crippen LogP contribution >= 0.6 is 11.8 Å². The number of carboxylic acid groups (broad SMARTS) is 1. The summed E-state index contributed by atoms with van der Waals surface area (Å²) in [6, 6.07) is -3.51. The van der Waals surface area contributed by atoms with Gasteiger partial charge in [-0.25, -0.2) is 4.79 Å². The van der Waals surface area contributed by atoms with Gasteiger partial charge in [0.1, 0.15) is 18.1 Å². The molecule has 0 aromatic rings. The normalized spacial score (nSPS) is 18.0. The van der Waals surface area contributed by atoms with Crippen molar-refractivity contribution in [3.63, 3.8) is 0 Å². The molecule has 0 aliphatic carbocycles. The zero-order valence-electron chi connectivity index (χ0n) is 20.9. The van der Waals surface area contributed by atoms with E-state index < -0.39 is 47.9 Å². The molecule has 1 fully saturated rings. The number of likely N-dealkylation sites (tertiary alicyclic amines) is 1. The van der Waals surface area contributed by atoms with Crippen LogP contribution in [0.25, 0.3) is 0 Å². The molecular formula is C22H41N7O5S. The number of nitrogens with one attached hydrogen (secondary N) is 2. The molecule has 0 bridgehead atoms. The van der Waals surface area contributed by atoms with Crippen molar-refractivity contribution in [3.05, 3.63) is 0 Å². The molecule has 200 valence electrons. The first-order valence-corrected chi connectivity index (χ1v) is 13.3. The van der Waals surface area contributed by atoms with Gasteiger partial charge in [0.25, 0.3) is 0 Å². The van der Waals surface area contributed by atoms with E-state index in [1.54, 1.807) is 11.8 Å². The second-order valence-electron chi connectivity index (χ2n) is 9.12. The fraction of sp³-hybridized carbons (Fsp3) is 0.773. The number of carbonyl (C=O) groups is 4. The molecule has 1 saturated heterocycles. The van der Waals surface area contributed by atoms with Crippen LogP contribution in [0.3, 0.4) is 0 Å². The van der Waals surface area contributed by atoms with Crippen LogP contribution in [0.5, 0.6) is 0 Å². The Balaban J connectivity index is 2.96. The van der Waals surface area contributed by atoms with Gasteiger partial charge in [-0.3, -0.25) is 19.4 Å². The van der Waals surface area contributed by atoms with Gasteiger partial charge in [-0.15, -0.1) is 0 Å². The summed E-state index contributed by atoms with van der Waals surface area (Å²) in [4.78, 5) is 55.9. The van der Waals surface area contributed by atoms with Crippen molar-refractivity contribution in [2.75, 3.05) is 25.1 Å². The fourth-order valence-electron chi connectivity index (χ4n) is 3.88. The van der Waals surface area contributed by atoms with Crippen molar-refractivity contribution in [1.82, 2.24) is 15.5 Å². The van der Waals surface area contributed by atoms with E-state index in [9.17, 15) is 24.3 Å². The maximum Gasteiger partial charge on any atom is 0.326 e. The number of rotatable bonds is 15. The number of carboxylic acids is 1. The lowest BCUT2D eigenvalue weighted by atomic mass is 10.0. The summed E-state index contributed by atoms with van der Waals surface area (Å²) in [5, 5.41) is 14.8. The van der Waals surface area contributed by atoms with Gasteiger partial charge in [-0.1, -0.05) is 13.8 Å². The van der Waals surface area contributed by atoms with Crippen LogP contribution in [0.1, 0.15) is 52.4 Å². The zero-order valence-corrected chi connectivity index (χ0v) is 21.7. The standard InChI is InChI=1S/C22H41N7O5S/c1-13(2)12-16(21(33)34)28-19(31)17-7-5-10-29(17)20(32)15(6-4-9-26-22(24)25)27-18(30)14(23)8-11-35-3/h13-17H,4-12,23H2,1-3H3,(H,27,30)(H,28,31)(H,33,34)(H4,24,25,26). The first kappa shape index (κ1) is 30.5. The lowest BCUT2D eigenvalue weighted by Crippen LogP contribution is -2.56. The van der Waals surface area contributed by atoms with E-state index >= 15 is 0 Å². The third-order valence-corrected chi connectivity index (χ3v) is 6.33. The molecule has 1 rings (SSSR count). The molecule has 1 aliphatic rings. The van der Waals surface area contributed by atoms with Crippen molar-refractivity contribution >= 4 is 41.4 Å². The molecule has 0 aromatic carbocycles. The van der Waals surface area contributed by atoms with Crippen molar-refractivity contribution in [2.45, 2.75) is 76.5 Å². The number of carbonyl (C=O) groups excluding carboxylic acids is 3. The van der Waals surface area contributed by atoms with E-state index in [0.29, 0.717) is 38.0 Å². The summed E-state index contributed by atoms with van der Waals surface area (Å²) in [5.74, 6) is -1.78. The molecule has 35 heavy (non-hydrogen) atoms. The minimum absolute atomic E-state index is 0.0674. The quantitative estimate of drug-likeness (QED) is 0.0916. The van der Waals surface area contributed by atoms with E-state index in [1.807, 2.05) is 20.1 Å². The summed E-state index contributed by atoms with van der Waals surface area (Å²) in [6.07, 6.45) is 4.33. The number of hydrogen-bond acceptors (Lipinski definition) is 7. The SMILES string of the molecule is CSCCC(N)C(=O)NC(CCCN=C(N)N)C(=O)N1CCCC1C(=O)NC(CC(C)C)C(=O)O. The smallest absolute Gasteiger partial charge is 0.326 e. The van der Waals surface area contributed by atoms with E-state index in [2.05, 4.69) is 15.6 Å². The van der Waals surface area contributed by atoms with E-state index in [1.165, 1.54) is 4.90 Å². The van der Waals surface area contributed by atoms with Crippen molar-refractivity contribution < 1.29 is 24.3 Å². The summed E-state index contributed by atoms with van der Waals surface area (Å²) in [5.41, 5.74) is 16.7. The number of aliphatic imine (C=N–C) groups is 1. The summed E-state index contributed by atoms with van der Waals surface area (Å²) in [7, 11) is 0. The number of thioether (sulfide) groups is 1. The Labute approximate surface area is 211 Å². The Bertz CT molecular complexity index is 760. The topological polar surface area (TPSA) is 206 Å². The minimum atomic E-state index is -1.12. The van der Waals surface area contributed by atoms with Crippen LogP contribution in [0, 0.1) is 5.92 Å². The molecule has 1 heterocycles. The van der Waals surface area contributed by atoms with E-state index in [0.717, 1.165) is 0 Å². The first-order chi connectivity index (χ1) is 16.5. The Morgan fingerprint density at radius 3 is 2.40 bits per heavy atom. The molecule has 4 unspecified atom stereocenters. The third-order valence-electron chi connectivity index (χ3n) is 5.69. The highest BCUT2D eigenvalue weighted by Crippen LogP contribution is 2.20. The maximum atomic E-state index is 13.4. The fourth-order valence-corrected chi connectivity index (χ4v) is 4.37. The molecule has 4 atom stereocenters. The summed E-state index contributed by atoms with van der Waals surface area (Å²) < 4.78 is 0. The number of amides is 3. The van der Waals surface area contributed by atoms with Crippen LogP contribution in [-0.2, 0) is 19.2 Å². The average Bonchev–Trinajstić information content (AvgIpc) is 3.27. The molecule has 3 amide bonds. The van der Waals surface area contributed by atoms with Gasteiger partial charge in [0.15, 0.2) is 5.96 Å². The van der Waals surface area contributed by atoms with Crippen LogP contribution in [0.4, 0.5) is 0 Å². The molecule has 0 saturated carbocycles. The van der Waals surface area contributed by atoms with Gasteiger partial charge in [-0.05, 0) is 56.5 Å². The molecule has 9 N–H and O–H groups in total. The zero-order chi connectivity index (χ0) is 26.5. The number of nitrogens with two attached hydrogens (primary N) is 3. The summed E-state index contributed by atoms with van der Waals surface area (Å²) in [6.45, 7) is 4.34. The van der Waals surface area contributed by atoms with Crippen LogP contribution < -0.4 is 27.8 Å². The van der Waals surface area contributed by atoms with Crippen LogP contribution in [0.15, 0.2) is 4.99 Å². The monoisotopic (exact) mass is 515 g/mol. The second kappa shape index (κ2) is 15.5. The van der Waals surface area contributed by atoms with Gasteiger partial charge in [0.2, 0.25) is 17.7 Å². The van der Waals surface area contributed by atoms with Crippen LogP contribution in [-0.4, -0.2) is 88.9 Å². The molecule has 0 spiro atoms. The summed E-state index contributed by atoms with van der Waals surface area (Å²) >= 11 is 1.57. The maximum absolute atomic E-state index is 13.4. The van der Waals surface area contributed by atoms with Gasteiger partial charge in [0.05, 0.1) is 6.04 Å². The van der Waals surface area contributed by atoms with Gasteiger partial charge in [0, 0.05) is 13.1 Å². The first-order valence-electron chi connectivity index (χ1n) is 11.9. The Hall–Kier alpha value is -2.54. The largest absolute Gasteiger partial charge is 0.480 e. The Morgan fingerprint density at radius 1 is 1.14 bits per heavy atom. The third kappa shape index (κ3) is 10.7. The Kier molecular flexibility index (Phi) is 13.5. The highest BCUT2D eigenvalue weighted by molar-refractivity contribution is 7.98. The molecule has 13 heteroatoms. The van der Waals surface area contributed by atoms with Gasteiger partial charge in [-0.2, -0.15) is 11.8 Å². The molecule has 0 radical (unpaired) electrons. The van der Waals surface area contributed by atoms with Gasteiger partial charge < -0.3 is 37.8 Å². The van der Waals surface area contributed by atoms with Crippen molar-refractivity contribution in [1.29, 1.82) is 0 Å². The second-order valence-corrected chi connectivity index (χ2v) is 10.1. The van der Waals surface area contributed by atoms with Gasteiger partial charge >= 0.3 is 5.97 Å². The molecular weight excluding hydrogens is 474 g/mol. The van der Waals surface area contributed by atoms with Crippen molar-refractivity contribution in [2.24, 2.45) is 28.1 Å². The highest BCUT2D eigenvalue weighted by Gasteiger charge is 2.39. The molecule has 1 aliphatic heterocycles. The lowest BCUT2D eigenvalue weighted by Gasteiger charge is -2.30.